The molecule has 4 heteroatoms. The molecule has 0 saturated heterocycles. The van der Waals surface area contributed by atoms with Gasteiger partial charge in [-0.3, -0.25) is 4.79 Å². The van der Waals surface area contributed by atoms with Crippen molar-refractivity contribution in [1.82, 2.24) is 4.98 Å². The number of carbonyl (C=O) groups is 1. The van der Waals surface area contributed by atoms with Gasteiger partial charge in [-0.2, -0.15) is 0 Å². The number of aromatic amines is 1. The second kappa shape index (κ2) is 4.25. The van der Waals surface area contributed by atoms with Crippen LogP contribution in [0.1, 0.15) is 12.0 Å². The van der Waals surface area contributed by atoms with Crippen LogP contribution in [0.5, 0.6) is 5.75 Å². The van der Waals surface area contributed by atoms with E-state index < -0.39 is 5.56 Å². The van der Waals surface area contributed by atoms with Crippen LogP contribution in [0.2, 0.25) is 0 Å². The van der Waals surface area contributed by atoms with Crippen LogP contribution >= 0.6 is 0 Å². The summed E-state index contributed by atoms with van der Waals surface area (Å²) in [5, 5.41) is 9.01. The van der Waals surface area contributed by atoms with Gasteiger partial charge in [0.05, 0.1) is 0 Å². The smallest absolute Gasteiger partial charge is 0.290 e. The zero-order valence-electron chi connectivity index (χ0n) is 6.86. The van der Waals surface area contributed by atoms with Gasteiger partial charge in [0.2, 0.25) is 0 Å². The zero-order valence-corrected chi connectivity index (χ0v) is 6.86. The van der Waals surface area contributed by atoms with Crippen molar-refractivity contribution in [3.63, 3.8) is 0 Å². The molecule has 0 atom stereocenters. The molecule has 68 valence electrons. The average Bonchev–Trinajstić information content (AvgIpc) is 2.12. The number of aromatic hydroxyl groups is 1. The molecule has 1 aromatic rings. The Morgan fingerprint density at radius 3 is 2.92 bits per heavy atom. The lowest BCUT2D eigenvalue weighted by Gasteiger charge is -1.93. The topological polar surface area (TPSA) is 70.2 Å². The quantitative estimate of drug-likeness (QED) is 0.670. The summed E-state index contributed by atoms with van der Waals surface area (Å²) in [4.78, 5) is 23.0. The molecule has 0 fully saturated rings. The van der Waals surface area contributed by atoms with E-state index in [0.29, 0.717) is 12.0 Å². The molecule has 1 aromatic heterocycles. The first-order chi connectivity index (χ1) is 6.24. The third kappa shape index (κ3) is 2.59. The average molecular weight is 179 g/mol. The maximum Gasteiger partial charge on any atom is 0.290 e. The Morgan fingerprint density at radius 2 is 2.31 bits per heavy atom. The normalized spacial score (nSPS) is 10.5. The van der Waals surface area contributed by atoms with Gasteiger partial charge in [0.25, 0.3) is 5.56 Å². The van der Waals surface area contributed by atoms with Crippen LogP contribution in [-0.4, -0.2) is 16.4 Å². The first kappa shape index (κ1) is 9.25. The monoisotopic (exact) mass is 179 g/mol. The van der Waals surface area contributed by atoms with Gasteiger partial charge in [0.1, 0.15) is 6.29 Å². The number of aromatic nitrogens is 1. The van der Waals surface area contributed by atoms with Crippen molar-refractivity contribution < 1.29 is 9.90 Å². The van der Waals surface area contributed by atoms with Gasteiger partial charge in [-0.1, -0.05) is 12.2 Å². The summed E-state index contributed by atoms with van der Waals surface area (Å²) in [7, 11) is 0. The molecule has 0 amide bonds. The number of pyridine rings is 1. The Bertz CT molecular complexity index is 379. The highest BCUT2D eigenvalue weighted by Gasteiger charge is 1.94. The Hall–Kier alpha value is -1.84. The highest BCUT2D eigenvalue weighted by Crippen LogP contribution is 2.05. The molecule has 1 rings (SSSR count). The number of rotatable bonds is 3. The van der Waals surface area contributed by atoms with Gasteiger partial charge < -0.3 is 14.9 Å². The van der Waals surface area contributed by atoms with E-state index in [-0.39, 0.29) is 5.75 Å². The minimum Gasteiger partial charge on any atom is -0.503 e. The van der Waals surface area contributed by atoms with Crippen molar-refractivity contribution in [2.75, 3.05) is 0 Å². The molecule has 0 aliphatic heterocycles. The number of H-pyrrole nitrogens is 1. The summed E-state index contributed by atoms with van der Waals surface area (Å²) in [6, 6.07) is 1.33. The summed E-state index contributed by atoms with van der Waals surface area (Å²) in [6.45, 7) is 0. The van der Waals surface area contributed by atoms with Crippen LogP contribution in [-0.2, 0) is 4.79 Å². The summed E-state index contributed by atoms with van der Waals surface area (Å²) < 4.78 is 0. The molecule has 0 saturated carbocycles. The van der Waals surface area contributed by atoms with Gasteiger partial charge in [0.15, 0.2) is 5.75 Å². The van der Waals surface area contributed by atoms with Crippen LogP contribution in [0.15, 0.2) is 23.1 Å². The predicted molar refractivity (Wildman–Crippen MR) is 48.4 cm³/mol. The number of nitrogens with one attached hydrogen (secondary N) is 1. The largest absolute Gasteiger partial charge is 0.503 e. The number of hydrogen-bond acceptors (Lipinski definition) is 3. The molecular formula is C9H9NO3. The molecule has 0 unspecified atom stereocenters. The Balaban J connectivity index is 2.85. The van der Waals surface area contributed by atoms with Gasteiger partial charge in [-0.05, 0) is 11.6 Å². The molecule has 0 aliphatic carbocycles. The van der Waals surface area contributed by atoms with Crippen LogP contribution < -0.4 is 5.56 Å². The molecule has 0 aliphatic rings. The Labute approximate surface area is 74.5 Å². The highest BCUT2D eigenvalue weighted by atomic mass is 16.3. The number of allylic oxidation sites excluding steroid dienone is 1. The maximum atomic E-state index is 10.7. The maximum absolute atomic E-state index is 10.7. The van der Waals surface area contributed by atoms with E-state index in [0.717, 1.165) is 6.29 Å². The fourth-order valence-corrected chi connectivity index (χ4v) is 0.844. The minimum absolute atomic E-state index is 0.319. The van der Waals surface area contributed by atoms with Crippen LogP contribution in [0.25, 0.3) is 6.08 Å². The van der Waals surface area contributed by atoms with Crippen LogP contribution in [0.3, 0.4) is 0 Å². The molecule has 1 heterocycles. The molecule has 13 heavy (non-hydrogen) atoms. The first-order valence-electron chi connectivity index (χ1n) is 3.76. The fraction of sp³-hybridized carbons (Fsp3) is 0.111. The number of carbonyl (C=O) groups excluding carboxylic acids is 1. The van der Waals surface area contributed by atoms with E-state index in [2.05, 4.69) is 4.98 Å². The predicted octanol–water partition coefficient (Wildman–Crippen LogP) is 0.683. The molecule has 0 radical (unpaired) electrons. The molecule has 2 N–H and O–H groups in total. The summed E-state index contributed by atoms with van der Waals surface area (Å²) in [6.07, 6.45) is 5.83. The third-order valence-corrected chi connectivity index (χ3v) is 1.45. The number of hydrogen-bond donors (Lipinski definition) is 2. The lowest BCUT2D eigenvalue weighted by Crippen LogP contribution is -2.03. The van der Waals surface area contributed by atoms with E-state index in [1.165, 1.54) is 12.3 Å². The van der Waals surface area contributed by atoms with Gasteiger partial charge >= 0.3 is 0 Å². The Kier molecular flexibility index (Phi) is 3.03. The minimum atomic E-state index is -0.521. The van der Waals surface area contributed by atoms with E-state index >= 15 is 0 Å². The third-order valence-electron chi connectivity index (χ3n) is 1.45. The highest BCUT2D eigenvalue weighted by molar-refractivity contribution is 5.57. The second-order valence-electron chi connectivity index (χ2n) is 2.45. The number of aldehydes is 1. The molecule has 0 bridgehead atoms. The molecule has 0 aromatic carbocycles. The lowest BCUT2D eigenvalue weighted by atomic mass is 10.2. The lowest BCUT2D eigenvalue weighted by molar-refractivity contribution is -0.107. The molecule has 0 spiro atoms. The first-order valence-corrected chi connectivity index (χ1v) is 3.76. The van der Waals surface area contributed by atoms with Crippen molar-refractivity contribution in [3.05, 3.63) is 34.3 Å². The summed E-state index contributed by atoms with van der Waals surface area (Å²) >= 11 is 0. The fourth-order valence-electron chi connectivity index (χ4n) is 0.844. The SMILES string of the molecule is O=CCC=Cc1c[nH]c(=O)c(O)c1. The van der Waals surface area contributed by atoms with Crippen molar-refractivity contribution in [3.8, 4) is 5.75 Å². The molecule has 4 nitrogen and oxygen atoms in total. The van der Waals surface area contributed by atoms with Crippen molar-refractivity contribution in [2.45, 2.75) is 6.42 Å². The molecular weight excluding hydrogens is 170 g/mol. The van der Waals surface area contributed by atoms with Crippen LogP contribution in [0, 0.1) is 0 Å². The van der Waals surface area contributed by atoms with Gasteiger partial charge in [0, 0.05) is 12.6 Å². The van der Waals surface area contributed by atoms with E-state index in [9.17, 15) is 9.59 Å². The van der Waals surface area contributed by atoms with E-state index in [1.54, 1.807) is 12.2 Å². The van der Waals surface area contributed by atoms with Gasteiger partial charge in [-0.25, -0.2) is 0 Å². The Morgan fingerprint density at radius 1 is 1.54 bits per heavy atom. The zero-order chi connectivity index (χ0) is 9.68. The van der Waals surface area contributed by atoms with E-state index in [1.807, 2.05) is 0 Å². The standard InChI is InChI=1S/C9H9NO3/c11-4-2-1-3-7-5-8(12)9(13)10-6-7/h1,3-6,12H,2H2,(H,10,13). The van der Waals surface area contributed by atoms with E-state index in [4.69, 9.17) is 5.11 Å². The summed E-state index contributed by atoms with van der Waals surface area (Å²) in [5.41, 5.74) is 0.131. The van der Waals surface area contributed by atoms with Crippen molar-refractivity contribution in [2.24, 2.45) is 0 Å². The van der Waals surface area contributed by atoms with Crippen molar-refractivity contribution in [1.29, 1.82) is 0 Å². The van der Waals surface area contributed by atoms with Crippen LogP contribution in [0.4, 0.5) is 0 Å². The summed E-state index contributed by atoms with van der Waals surface area (Å²) in [5.74, 6) is -0.326. The van der Waals surface area contributed by atoms with Crippen molar-refractivity contribution >= 4 is 12.4 Å². The second-order valence-corrected chi connectivity index (χ2v) is 2.45. The van der Waals surface area contributed by atoms with Gasteiger partial charge in [-0.15, -0.1) is 0 Å².